The van der Waals surface area contributed by atoms with Crippen LogP contribution in [0.2, 0.25) is 0 Å². The van der Waals surface area contributed by atoms with Crippen molar-refractivity contribution in [2.45, 2.75) is 6.54 Å². The van der Waals surface area contributed by atoms with Crippen LogP contribution in [0.5, 0.6) is 0 Å². The molecule has 1 N–H and O–H groups in total. The van der Waals surface area contributed by atoms with Gasteiger partial charge in [-0.3, -0.25) is 9.36 Å². The third-order valence-corrected chi connectivity index (χ3v) is 3.94. The van der Waals surface area contributed by atoms with E-state index in [4.69, 9.17) is 0 Å². The highest BCUT2D eigenvalue weighted by Gasteiger charge is 2.07. The largest absolute Gasteiger partial charge is 0.348 e. The highest BCUT2D eigenvalue weighted by atomic mass is 16.1. The van der Waals surface area contributed by atoms with Crippen molar-refractivity contribution in [3.63, 3.8) is 0 Å². The quantitative estimate of drug-likeness (QED) is 0.603. The molecular formula is C19H16N6O. The van der Waals surface area contributed by atoms with Gasteiger partial charge >= 0.3 is 0 Å². The molecule has 0 atom stereocenters. The zero-order valence-corrected chi connectivity index (χ0v) is 13.9. The minimum absolute atomic E-state index is 0.161. The Labute approximate surface area is 150 Å². The first-order valence-corrected chi connectivity index (χ1v) is 8.11. The van der Waals surface area contributed by atoms with Crippen molar-refractivity contribution in [1.29, 1.82) is 0 Å². The number of aromatic nitrogens is 5. The molecule has 0 bridgehead atoms. The van der Waals surface area contributed by atoms with E-state index in [1.165, 1.54) is 0 Å². The van der Waals surface area contributed by atoms with E-state index in [1.807, 2.05) is 36.5 Å². The van der Waals surface area contributed by atoms with Crippen LogP contribution >= 0.6 is 0 Å². The molecule has 3 aromatic heterocycles. The van der Waals surface area contributed by atoms with Crippen LogP contribution in [0.1, 0.15) is 15.9 Å². The van der Waals surface area contributed by atoms with Crippen molar-refractivity contribution in [1.82, 2.24) is 29.6 Å². The second-order valence-corrected chi connectivity index (χ2v) is 5.67. The normalized spacial score (nSPS) is 10.6. The van der Waals surface area contributed by atoms with Gasteiger partial charge in [0.1, 0.15) is 12.1 Å². The number of nitrogens with zero attached hydrogens (tertiary/aromatic N) is 5. The summed E-state index contributed by atoms with van der Waals surface area (Å²) in [5, 5.41) is 7.09. The molecule has 0 unspecified atom stereocenters. The van der Waals surface area contributed by atoms with Gasteiger partial charge in [-0.15, -0.1) is 0 Å². The number of nitrogens with one attached hydrogen (secondary N) is 1. The highest BCUT2D eigenvalue weighted by Crippen LogP contribution is 2.09. The third-order valence-electron chi connectivity index (χ3n) is 3.94. The number of carbonyl (C=O) groups excluding carboxylic acids is 1. The predicted molar refractivity (Wildman–Crippen MR) is 96.1 cm³/mol. The van der Waals surface area contributed by atoms with Gasteiger partial charge < -0.3 is 5.32 Å². The molecule has 1 amide bonds. The Morgan fingerprint density at radius 2 is 1.92 bits per heavy atom. The van der Waals surface area contributed by atoms with Gasteiger partial charge in [0.2, 0.25) is 0 Å². The van der Waals surface area contributed by atoms with Crippen LogP contribution < -0.4 is 5.32 Å². The maximum absolute atomic E-state index is 12.3. The fraction of sp³-hybridized carbons (Fsp3) is 0.0526. The summed E-state index contributed by atoms with van der Waals surface area (Å²) in [6.45, 7) is 0.446. The smallest absolute Gasteiger partial charge is 0.253 e. The van der Waals surface area contributed by atoms with Gasteiger partial charge in [-0.2, -0.15) is 5.10 Å². The van der Waals surface area contributed by atoms with E-state index in [9.17, 15) is 4.79 Å². The average molecular weight is 344 g/mol. The standard InChI is InChI=1S/C19H16N6O/c26-19(16-4-7-18(21-13-16)24-11-9-20-14-24)22-12-15-2-5-17(6-3-15)25-10-1-8-23-25/h1-11,13-14H,12H2,(H,22,26). The third kappa shape index (κ3) is 3.36. The summed E-state index contributed by atoms with van der Waals surface area (Å²) < 4.78 is 3.57. The number of amides is 1. The van der Waals surface area contributed by atoms with Crippen molar-refractivity contribution in [2.24, 2.45) is 0 Å². The number of hydrogen-bond donors (Lipinski definition) is 1. The molecule has 26 heavy (non-hydrogen) atoms. The zero-order chi connectivity index (χ0) is 17.8. The Morgan fingerprint density at radius 1 is 1.04 bits per heavy atom. The van der Waals surface area contributed by atoms with E-state index >= 15 is 0 Å². The zero-order valence-electron chi connectivity index (χ0n) is 13.9. The Balaban J connectivity index is 1.37. The average Bonchev–Trinajstić information content (AvgIpc) is 3.40. The van der Waals surface area contributed by atoms with Gasteiger partial charge in [-0.25, -0.2) is 14.6 Å². The number of pyridine rings is 1. The molecule has 0 aliphatic heterocycles. The summed E-state index contributed by atoms with van der Waals surface area (Å²) in [7, 11) is 0. The van der Waals surface area contributed by atoms with E-state index in [0.29, 0.717) is 17.9 Å². The van der Waals surface area contributed by atoms with Gasteiger partial charge in [0.05, 0.1) is 11.3 Å². The predicted octanol–water partition coefficient (Wildman–Crippen LogP) is 2.38. The lowest BCUT2D eigenvalue weighted by Crippen LogP contribution is -2.23. The van der Waals surface area contributed by atoms with Crippen molar-refractivity contribution >= 4 is 5.91 Å². The van der Waals surface area contributed by atoms with E-state index in [2.05, 4.69) is 20.4 Å². The number of benzene rings is 1. The van der Waals surface area contributed by atoms with Gasteiger partial charge in [-0.05, 0) is 35.9 Å². The maximum atomic E-state index is 12.3. The molecule has 3 heterocycles. The SMILES string of the molecule is O=C(NCc1ccc(-n2cccn2)cc1)c1ccc(-n2ccnc2)nc1. The van der Waals surface area contributed by atoms with E-state index in [1.54, 1.807) is 52.5 Å². The number of hydrogen-bond acceptors (Lipinski definition) is 4. The lowest BCUT2D eigenvalue weighted by molar-refractivity contribution is 0.0950. The molecule has 0 radical (unpaired) electrons. The molecule has 4 aromatic rings. The van der Waals surface area contributed by atoms with Gasteiger partial charge in [0.15, 0.2) is 0 Å². The molecule has 1 aromatic carbocycles. The van der Waals surface area contributed by atoms with Crippen LogP contribution in [-0.4, -0.2) is 30.2 Å². The Hall–Kier alpha value is -3.74. The van der Waals surface area contributed by atoms with Crippen LogP contribution in [0.15, 0.2) is 79.8 Å². The van der Waals surface area contributed by atoms with Crippen molar-refractivity contribution < 1.29 is 4.79 Å². The minimum Gasteiger partial charge on any atom is -0.348 e. The molecule has 0 saturated carbocycles. The number of rotatable bonds is 5. The van der Waals surface area contributed by atoms with Crippen LogP contribution in [0.4, 0.5) is 0 Å². The van der Waals surface area contributed by atoms with Crippen LogP contribution in [0, 0.1) is 0 Å². The molecule has 0 saturated heterocycles. The molecule has 128 valence electrons. The minimum atomic E-state index is -0.161. The van der Waals surface area contributed by atoms with Crippen LogP contribution in [0.3, 0.4) is 0 Å². The summed E-state index contributed by atoms with van der Waals surface area (Å²) in [4.78, 5) is 20.6. The van der Waals surface area contributed by atoms with Crippen molar-refractivity contribution in [3.8, 4) is 11.5 Å². The molecule has 0 fully saturated rings. The lowest BCUT2D eigenvalue weighted by atomic mass is 10.2. The molecule has 0 spiro atoms. The van der Waals surface area contributed by atoms with Crippen molar-refractivity contribution in [3.05, 3.63) is 90.9 Å². The molecular weight excluding hydrogens is 328 g/mol. The van der Waals surface area contributed by atoms with E-state index < -0.39 is 0 Å². The fourth-order valence-electron chi connectivity index (χ4n) is 2.54. The Kier molecular flexibility index (Phi) is 4.26. The lowest BCUT2D eigenvalue weighted by Gasteiger charge is -2.07. The highest BCUT2D eigenvalue weighted by molar-refractivity contribution is 5.93. The first-order chi connectivity index (χ1) is 12.8. The Morgan fingerprint density at radius 3 is 2.58 bits per heavy atom. The van der Waals surface area contributed by atoms with Gasteiger partial charge in [0.25, 0.3) is 5.91 Å². The maximum Gasteiger partial charge on any atom is 0.253 e. The fourth-order valence-corrected chi connectivity index (χ4v) is 2.54. The van der Waals surface area contributed by atoms with E-state index in [-0.39, 0.29) is 5.91 Å². The summed E-state index contributed by atoms with van der Waals surface area (Å²) >= 11 is 0. The summed E-state index contributed by atoms with van der Waals surface area (Å²) in [6.07, 6.45) is 10.3. The molecule has 4 rings (SSSR count). The van der Waals surface area contributed by atoms with E-state index in [0.717, 1.165) is 11.3 Å². The van der Waals surface area contributed by atoms with Crippen molar-refractivity contribution in [2.75, 3.05) is 0 Å². The number of imidazole rings is 1. The number of carbonyl (C=O) groups is 1. The summed E-state index contributed by atoms with van der Waals surface area (Å²) in [6, 6.07) is 13.3. The first kappa shape index (κ1) is 15.8. The Bertz CT molecular complexity index is 974. The topological polar surface area (TPSA) is 77.6 Å². The van der Waals surface area contributed by atoms with Gasteiger partial charge in [0, 0.05) is 37.5 Å². The molecule has 7 nitrogen and oxygen atoms in total. The monoisotopic (exact) mass is 344 g/mol. The summed E-state index contributed by atoms with van der Waals surface area (Å²) in [5.74, 6) is 0.555. The first-order valence-electron chi connectivity index (χ1n) is 8.11. The second-order valence-electron chi connectivity index (χ2n) is 5.67. The summed E-state index contributed by atoms with van der Waals surface area (Å²) in [5.41, 5.74) is 2.50. The second kappa shape index (κ2) is 7.02. The van der Waals surface area contributed by atoms with Crippen LogP contribution in [0.25, 0.3) is 11.5 Å². The van der Waals surface area contributed by atoms with Crippen LogP contribution in [-0.2, 0) is 6.54 Å². The molecule has 0 aliphatic rings. The van der Waals surface area contributed by atoms with Gasteiger partial charge in [-0.1, -0.05) is 12.1 Å². The molecule has 7 heteroatoms. The molecule has 0 aliphatic carbocycles.